The lowest BCUT2D eigenvalue weighted by Gasteiger charge is -2.16. The van der Waals surface area contributed by atoms with Gasteiger partial charge in [-0.25, -0.2) is 0 Å². The van der Waals surface area contributed by atoms with Gasteiger partial charge in [-0.15, -0.1) is 0 Å². The van der Waals surface area contributed by atoms with Crippen molar-refractivity contribution in [3.05, 3.63) is 42.1 Å². The van der Waals surface area contributed by atoms with Gasteiger partial charge in [0.2, 0.25) is 0 Å². The summed E-state index contributed by atoms with van der Waals surface area (Å²) in [5.74, 6) is 0. The molecule has 0 amide bonds. The zero-order valence-corrected chi connectivity index (χ0v) is 10.9. The van der Waals surface area contributed by atoms with Gasteiger partial charge in [-0.2, -0.15) is 0 Å². The second-order valence-corrected chi connectivity index (χ2v) is 4.85. The molecule has 2 atom stereocenters. The Morgan fingerprint density at radius 3 is 2.78 bits per heavy atom. The van der Waals surface area contributed by atoms with Gasteiger partial charge >= 0.3 is 0 Å². The highest BCUT2D eigenvalue weighted by molar-refractivity contribution is 5.81. The minimum Gasteiger partial charge on any atom is -0.393 e. The average molecular weight is 244 g/mol. The summed E-state index contributed by atoms with van der Waals surface area (Å²) in [7, 11) is 0. The number of nitrogens with one attached hydrogen (secondary N) is 1. The summed E-state index contributed by atoms with van der Waals surface area (Å²) >= 11 is 0. The third kappa shape index (κ3) is 3.28. The fourth-order valence-electron chi connectivity index (χ4n) is 2.19. The summed E-state index contributed by atoms with van der Waals surface area (Å²) < 4.78 is 0. The molecule has 2 unspecified atom stereocenters. The van der Waals surface area contributed by atoms with Crippen LogP contribution in [-0.2, 0) is 6.54 Å². The number of aromatic nitrogens is 1. The standard InChI is InChI=1S/C15H20N2O/c1-11(9-12(2)18)17-10-13-7-8-16-15-6-4-3-5-14(13)15/h3-8,11-12,17-18H,9-10H2,1-2H3. The van der Waals surface area contributed by atoms with E-state index < -0.39 is 0 Å². The van der Waals surface area contributed by atoms with Crippen LogP contribution in [-0.4, -0.2) is 22.2 Å². The minimum absolute atomic E-state index is 0.262. The third-order valence-corrected chi connectivity index (χ3v) is 3.07. The zero-order chi connectivity index (χ0) is 13.0. The predicted octanol–water partition coefficient (Wildman–Crippen LogP) is 2.48. The number of hydrogen-bond acceptors (Lipinski definition) is 3. The molecule has 0 bridgehead atoms. The van der Waals surface area contributed by atoms with Crippen molar-refractivity contribution >= 4 is 10.9 Å². The van der Waals surface area contributed by atoms with E-state index in [0.717, 1.165) is 18.5 Å². The molecule has 1 heterocycles. The second-order valence-electron chi connectivity index (χ2n) is 4.85. The number of aliphatic hydroxyl groups is 1. The van der Waals surface area contributed by atoms with Crippen molar-refractivity contribution < 1.29 is 5.11 Å². The molecule has 0 spiro atoms. The minimum atomic E-state index is -0.262. The van der Waals surface area contributed by atoms with E-state index >= 15 is 0 Å². The van der Waals surface area contributed by atoms with Crippen LogP contribution in [0.4, 0.5) is 0 Å². The van der Waals surface area contributed by atoms with E-state index in [2.05, 4.69) is 23.3 Å². The van der Waals surface area contributed by atoms with Crippen LogP contribution in [0.2, 0.25) is 0 Å². The molecule has 3 heteroatoms. The van der Waals surface area contributed by atoms with Gasteiger partial charge in [0.25, 0.3) is 0 Å². The Morgan fingerprint density at radius 2 is 2.00 bits per heavy atom. The molecule has 0 fully saturated rings. The van der Waals surface area contributed by atoms with Crippen LogP contribution < -0.4 is 5.32 Å². The maximum absolute atomic E-state index is 9.34. The zero-order valence-electron chi connectivity index (χ0n) is 10.9. The van der Waals surface area contributed by atoms with Crippen LogP contribution in [0.3, 0.4) is 0 Å². The van der Waals surface area contributed by atoms with Gasteiger partial charge in [-0.3, -0.25) is 4.98 Å². The Kier molecular flexibility index (Phi) is 4.28. The highest BCUT2D eigenvalue weighted by Gasteiger charge is 2.06. The van der Waals surface area contributed by atoms with Crippen LogP contribution in [0.1, 0.15) is 25.8 Å². The average Bonchev–Trinajstić information content (AvgIpc) is 2.35. The second kappa shape index (κ2) is 5.94. The van der Waals surface area contributed by atoms with Gasteiger partial charge in [-0.1, -0.05) is 18.2 Å². The van der Waals surface area contributed by atoms with Crippen LogP contribution >= 0.6 is 0 Å². The lowest BCUT2D eigenvalue weighted by Crippen LogP contribution is -2.28. The summed E-state index contributed by atoms with van der Waals surface area (Å²) in [6.45, 7) is 4.72. The van der Waals surface area contributed by atoms with Crippen LogP contribution in [0.15, 0.2) is 36.5 Å². The Hall–Kier alpha value is -1.45. The Morgan fingerprint density at radius 1 is 1.22 bits per heavy atom. The van der Waals surface area contributed by atoms with Crippen molar-refractivity contribution in [1.82, 2.24) is 10.3 Å². The summed E-state index contributed by atoms with van der Waals surface area (Å²) in [5.41, 5.74) is 2.28. The van der Waals surface area contributed by atoms with E-state index in [1.165, 1.54) is 10.9 Å². The van der Waals surface area contributed by atoms with Gasteiger partial charge in [-0.05, 0) is 38.0 Å². The fraction of sp³-hybridized carbons (Fsp3) is 0.400. The predicted molar refractivity (Wildman–Crippen MR) is 74.3 cm³/mol. The van der Waals surface area contributed by atoms with E-state index in [4.69, 9.17) is 0 Å². The molecule has 0 radical (unpaired) electrons. The molecular weight excluding hydrogens is 224 g/mol. The van der Waals surface area contributed by atoms with Crippen molar-refractivity contribution in [3.8, 4) is 0 Å². The fourth-order valence-corrected chi connectivity index (χ4v) is 2.19. The van der Waals surface area contributed by atoms with Crippen LogP contribution in [0.5, 0.6) is 0 Å². The van der Waals surface area contributed by atoms with Crippen molar-refractivity contribution in [2.24, 2.45) is 0 Å². The number of rotatable bonds is 5. The van der Waals surface area contributed by atoms with Gasteiger partial charge in [0, 0.05) is 24.2 Å². The Balaban J connectivity index is 2.08. The molecule has 0 saturated heterocycles. The van der Waals surface area contributed by atoms with Crippen molar-refractivity contribution in [1.29, 1.82) is 0 Å². The first-order valence-corrected chi connectivity index (χ1v) is 6.41. The lowest BCUT2D eigenvalue weighted by atomic mass is 10.1. The van der Waals surface area contributed by atoms with Gasteiger partial charge in [0.1, 0.15) is 0 Å². The highest BCUT2D eigenvalue weighted by Crippen LogP contribution is 2.16. The summed E-state index contributed by atoms with van der Waals surface area (Å²) in [6, 6.07) is 10.5. The molecule has 2 rings (SSSR count). The summed E-state index contributed by atoms with van der Waals surface area (Å²) in [5, 5.41) is 14.0. The van der Waals surface area contributed by atoms with Crippen molar-refractivity contribution in [2.45, 2.75) is 39.0 Å². The molecule has 3 nitrogen and oxygen atoms in total. The SMILES string of the molecule is CC(O)CC(C)NCc1ccnc2ccccc12. The number of aliphatic hydroxyl groups excluding tert-OH is 1. The highest BCUT2D eigenvalue weighted by atomic mass is 16.3. The number of hydrogen-bond donors (Lipinski definition) is 2. The molecule has 96 valence electrons. The smallest absolute Gasteiger partial charge is 0.0705 e. The number of pyridine rings is 1. The first-order valence-electron chi connectivity index (χ1n) is 6.41. The monoisotopic (exact) mass is 244 g/mol. The largest absolute Gasteiger partial charge is 0.393 e. The number of benzene rings is 1. The summed E-state index contributed by atoms with van der Waals surface area (Å²) in [4.78, 5) is 4.35. The first-order chi connectivity index (χ1) is 8.66. The van der Waals surface area contributed by atoms with Gasteiger partial charge < -0.3 is 10.4 Å². The molecule has 18 heavy (non-hydrogen) atoms. The van der Waals surface area contributed by atoms with E-state index in [-0.39, 0.29) is 6.10 Å². The third-order valence-electron chi connectivity index (χ3n) is 3.07. The van der Waals surface area contributed by atoms with E-state index in [9.17, 15) is 5.11 Å². The topological polar surface area (TPSA) is 45.1 Å². The molecule has 0 saturated carbocycles. The van der Waals surface area contributed by atoms with E-state index in [0.29, 0.717) is 6.04 Å². The maximum Gasteiger partial charge on any atom is 0.0705 e. The van der Waals surface area contributed by atoms with Crippen molar-refractivity contribution in [2.75, 3.05) is 0 Å². The van der Waals surface area contributed by atoms with E-state index in [1.54, 1.807) is 0 Å². The summed E-state index contributed by atoms with van der Waals surface area (Å²) in [6.07, 6.45) is 2.35. The molecule has 1 aromatic carbocycles. The number of nitrogens with zero attached hydrogens (tertiary/aromatic N) is 1. The number of para-hydroxylation sites is 1. The molecular formula is C15H20N2O. The maximum atomic E-state index is 9.34. The molecule has 2 aromatic rings. The van der Waals surface area contributed by atoms with Gasteiger partial charge in [0.15, 0.2) is 0 Å². The Bertz CT molecular complexity index is 505. The number of fused-ring (bicyclic) bond motifs is 1. The molecule has 0 aliphatic rings. The van der Waals surface area contributed by atoms with Crippen LogP contribution in [0, 0.1) is 0 Å². The lowest BCUT2D eigenvalue weighted by molar-refractivity contribution is 0.170. The van der Waals surface area contributed by atoms with Gasteiger partial charge in [0.05, 0.1) is 11.6 Å². The molecule has 2 N–H and O–H groups in total. The normalized spacial score (nSPS) is 14.6. The van der Waals surface area contributed by atoms with Crippen LogP contribution in [0.25, 0.3) is 10.9 Å². The van der Waals surface area contributed by atoms with Crippen molar-refractivity contribution in [3.63, 3.8) is 0 Å². The quantitative estimate of drug-likeness (QED) is 0.849. The van der Waals surface area contributed by atoms with E-state index in [1.807, 2.05) is 37.4 Å². The first kappa shape index (κ1) is 13.0. The molecule has 0 aliphatic carbocycles. The Labute approximate surface area is 108 Å². The molecule has 1 aromatic heterocycles. The molecule has 0 aliphatic heterocycles.